The first-order valence-corrected chi connectivity index (χ1v) is 7.48. The molecule has 0 aromatic heterocycles. The van der Waals surface area contributed by atoms with E-state index < -0.39 is 20.9 Å². The monoisotopic (exact) mass is 312 g/mol. The van der Waals surface area contributed by atoms with E-state index in [1.54, 1.807) is 0 Å². The van der Waals surface area contributed by atoms with E-state index in [0.29, 0.717) is 26.2 Å². The maximum Gasteiger partial charge on any atom is 0.244 e. The van der Waals surface area contributed by atoms with Crippen molar-refractivity contribution in [1.82, 2.24) is 9.62 Å². The van der Waals surface area contributed by atoms with Crippen molar-refractivity contribution in [2.45, 2.75) is 4.90 Å². The Morgan fingerprint density at radius 1 is 1.22 bits per heavy atom. The minimum atomic E-state index is -3.77. The van der Waals surface area contributed by atoms with E-state index in [1.807, 2.05) is 0 Å². The normalized spacial score (nSPS) is 17.9. The van der Waals surface area contributed by atoms with Crippen molar-refractivity contribution in [3.63, 3.8) is 0 Å². The number of nitrogens with zero attached hydrogens (tertiary/aromatic N) is 1. The maximum atomic E-state index is 13.5. The van der Waals surface area contributed by atoms with E-state index in [-0.39, 0.29) is 9.92 Å². The molecule has 1 aliphatic heterocycles. The smallest absolute Gasteiger partial charge is 0.244 e. The summed E-state index contributed by atoms with van der Waals surface area (Å²) in [5.41, 5.74) is 0. The van der Waals surface area contributed by atoms with Gasteiger partial charge in [0.05, 0.1) is 10.0 Å². The molecule has 0 radical (unpaired) electrons. The molecule has 0 atom stereocenters. The molecule has 0 bridgehead atoms. The molecule has 2 rings (SSSR count). The van der Waals surface area contributed by atoms with Gasteiger partial charge in [0, 0.05) is 26.2 Å². The lowest BCUT2D eigenvalue weighted by molar-refractivity contribution is 0.360. The minimum Gasteiger partial charge on any atom is -0.314 e. The SMILES string of the molecule is O=S(=O)(c1ccc(Cl)c(F)c1Cl)N1CCNCC1. The standard InChI is InChI=1S/C10H11Cl2FN2O2S/c11-7-1-2-8(9(12)10(7)13)18(16,17)15-5-3-14-4-6-15/h1-2,14H,3-6H2. The molecule has 1 heterocycles. The van der Waals surface area contributed by atoms with Crippen LogP contribution >= 0.6 is 23.2 Å². The van der Waals surface area contributed by atoms with E-state index in [1.165, 1.54) is 16.4 Å². The number of hydrogen-bond donors (Lipinski definition) is 1. The van der Waals surface area contributed by atoms with Gasteiger partial charge in [-0.15, -0.1) is 0 Å². The fourth-order valence-electron chi connectivity index (χ4n) is 1.73. The molecule has 0 saturated carbocycles. The summed E-state index contributed by atoms with van der Waals surface area (Å²) in [4.78, 5) is -0.243. The summed E-state index contributed by atoms with van der Waals surface area (Å²) in [6.07, 6.45) is 0. The highest BCUT2D eigenvalue weighted by molar-refractivity contribution is 7.89. The van der Waals surface area contributed by atoms with Crippen molar-refractivity contribution >= 4 is 33.2 Å². The Morgan fingerprint density at radius 3 is 2.44 bits per heavy atom. The Kier molecular flexibility index (Phi) is 4.13. The number of halogens is 3. The van der Waals surface area contributed by atoms with Crippen LogP contribution in [0.15, 0.2) is 17.0 Å². The lowest BCUT2D eigenvalue weighted by Crippen LogP contribution is -2.46. The Bertz CT molecular complexity index is 559. The molecule has 1 N–H and O–H groups in total. The predicted molar refractivity (Wildman–Crippen MR) is 68.0 cm³/mol. The van der Waals surface area contributed by atoms with Gasteiger partial charge in [0.15, 0.2) is 5.82 Å². The fourth-order valence-corrected chi connectivity index (χ4v) is 3.89. The molecule has 0 spiro atoms. The minimum absolute atomic E-state index is 0.195. The summed E-state index contributed by atoms with van der Waals surface area (Å²) in [5, 5.41) is 2.39. The molecule has 1 aromatic carbocycles. The van der Waals surface area contributed by atoms with E-state index in [9.17, 15) is 12.8 Å². The average molecular weight is 313 g/mol. The van der Waals surface area contributed by atoms with Crippen LogP contribution < -0.4 is 5.32 Å². The zero-order valence-electron chi connectivity index (χ0n) is 9.29. The van der Waals surface area contributed by atoms with Gasteiger partial charge in [0.1, 0.15) is 4.90 Å². The second-order valence-corrected chi connectivity index (χ2v) is 6.52. The number of rotatable bonds is 2. The second-order valence-electron chi connectivity index (χ2n) is 3.83. The van der Waals surface area contributed by atoms with Crippen LogP contribution in [0.1, 0.15) is 0 Å². The first-order valence-electron chi connectivity index (χ1n) is 5.29. The van der Waals surface area contributed by atoms with Gasteiger partial charge in [-0.25, -0.2) is 12.8 Å². The van der Waals surface area contributed by atoms with Crippen LogP contribution in [-0.2, 0) is 10.0 Å². The van der Waals surface area contributed by atoms with Gasteiger partial charge in [-0.05, 0) is 12.1 Å². The largest absolute Gasteiger partial charge is 0.314 e. The third-order valence-corrected chi connectivity index (χ3v) is 5.41. The van der Waals surface area contributed by atoms with Crippen LogP contribution in [0.4, 0.5) is 4.39 Å². The molecule has 0 unspecified atom stereocenters. The van der Waals surface area contributed by atoms with Crippen molar-refractivity contribution in [3.8, 4) is 0 Å². The summed E-state index contributed by atoms with van der Waals surface area (Å²) in [7, 11) is -3.77. The van der Waals surface area contributed by atoms with Gasteiger partial charge in [0.25, 0.3) is 0 Å². The quantitative estimate of drug-likeness (QED) is 0.846. The van der Waals surface area contributed by atoms with Crippen molar-refractivity contribution in [1.29, 1.82) is 0 Å². The van der Waals surface area contributed by atoms with E-state index in [4.69, 9.17) is 23.2 Å². The van der Waals surface area contributed by atoms with E-state index in [0.717, 1.165) is 0 Å². The van der Waals surface area contributed by atoms with Crippen LogP contribution in [-0.4, -0.2) is 38.9 Å². The summed E-state index contributed by atoms with van der Waals surface area (Å²) in [5.74, 6) is -0.908. The molecule has 100 valence electrons. The van der Waals surface area contributed by atoms with Gasteiger partial charge in [0.2, 0.25) is 10.0 Å². The molecule has 18 heavy (non-hydrogen) atoms. The second kappa shape index (κ2) is 5.30. The number of nitrogens with one attached hydrogen (secondary N) is 1. The first kappa shape index (κ1) is 14.0. The van der Waals surface area contributed by atoms with Crippen LogP contribution in [0, 0.1) is 5.82 Å². The molecule has 4 nitrogen and oxygen atoms in total. The molecule has 1 saturated heterocycles. The Balaban J connectivity index is 2.44. The Labute approximate surface area is 115 Å². The van der Waals surface area contributed by atoms with Crippen molar-refractivity contribution in [3.05, 3.63) is 28.0 Å². The number of piperazine rings is 1. The predicted octanol–water partition coefficient (Wildman–Crippen LogP) is 1.73. The number of benzene rings is 1. The highest BCUT2D eigenvalue weighted by atomic mass is 35.5. The zero-order chi connectivity index (χ0) is 13.3. The zero-order valence-corrected chi connectivity index (χ0v) is 11.6. The van der Waals surface area contributed by atoms with Crippen LogP contribution in [0.5, 0.6) is 0 Å². The highest BCUT2D eigenvalue weighted by Crippen LogP contribution is 2.31. The summed E-state index contributed by atoms with van der Waals surface area (Å²) >= 11 is 11.3. The van der Waals surface area contributed by atoms with E-state index in [2.05, 4.69) is 5.32 Å². The van der Waals surface area contributed by atoms with Gasteiger partial charge in [-0.1, -0.05) is 23.2 Å². The van der Waals surface area contributed by atoms with Gasteiger partial charge >= 0.3 is 0 Å². The number of sulfonamides is 1. The molecule has 0 amide bonds. The average Bonchev–Trinajstić information content (AvgIpc) is 2.37. The van der Waals surface area contributed by atoms with Gasteiger partial charge in [-0.2, -0.15) is 4.31 Å². The van der Waals surface area contributed by atoms with Crippen LogP contribution in [0.3, 0.4) is 0 Å². The molecule has 0 aliphatic carbocycles. The fraction of sp³-hybridized carbons (Fsp3) is 0.400. The highest BCUT2D eigenvalue weighted by Gasteiger charge is 2.29. The van der Waals surface area contributed by atoms with Crippen LogP contribution in [0.25, 0.3) is 0 Å². The topological polar surface area (TPSA) is 49.4 Å². The molecule has 1 fully saturated rings. The lowest BCUT2D eigenvalue weighted by atomic mass is 10.3. The Hall–Kier alpha value is -0.400. The molecule has 8 heteroatoms. The molecule has 1 aliphatic rings. The van der Waals surface area contributed by atoms with Crippen molar-refractivity contribution in [2.75, 3.05) is 26.2 Å². The van der Waals surface area contributed by atoms with Gasteiger partial charge in [-0.3, -0.25) is 0 Å². The molecular weight excluding hydrogens is 302 g/mol. The maximum absolute atomic E-state index is 13.5. The van der Waals surface area contributed by atoms with Crippen LogP contribution in [0.2, 0.25) is 10.0 Å². The summed E-state index contributed by atoms with van der Waals surface area (Å²) in [6, 6.07) is 2.42. The molecular formula is C10H11Cl2FN2O2S. The third kappa shape index (κ3) is 2.48. The summed E-state index contributed by atoms with van der Waals surface area (Å²) in [6.45, 7) is 1.80. The van der Waals surface area contributed by atoms with E-state index >= 15 is 0 Å². The van der Waals surface area contributed by atoms with Crippen molar-refractivity contribution in [2.24, 2.45) is 0 Å². The first-order chi connectivity index (χ1) is 8.44. The van der Waals surface area contributed by atoms with Gasteiger partial charge < -0.3 is 5.32 Å². The third-order valence-electron chi connectivity index (χ3n) is 2.69. The lowest BCUT2D eigenvalue weighted by Gasteiger charge is -2.27. The Morgan fingerprint density at radius 2 is 1.83 bits per heavy atom. The summed E-state index contributed by atoms with van der Waals surface area (Å²) < 4.78 is 39.4. The van der Waals surface area contributed by atoms with Crippen molar-refractivity contribution < 1.29 is 12.8 Å². The molecule has 1 aromatic rings. The number of hydrogen-bond acceptors (Lipinski definition) is 3.